The van der Waals surface area contributed by atoms with Crippen LogP contribution in [0.25, 0.3) is 0 Å². The molecule has 0 aliphatic carbocycles. The predicted octanol–water partition coefficient (Wildman–Crippen LogP) is 0.850. The van der Waals surface area contributed by atoms with Crippen LogP contribution in [0.4, 0.5) is 5.69 Å². The van der Waals surface area contributed by atoms with Crippen LogP contribution in [0.15, 0.2) is 23.1 Å². The average Bonchev–Trinajstić information content (AvgIpc) is 2.61. The van der Waals surface area contributed by atoms with Crippen molar-refractivity contribution in [3.05, 3.63) is 23.8 Å². The second-order valence-electron chi connectivity index (χ2n) is 4.29. The van der Waals surface area contributed by atoms with Gasteiger partial charge in [-0.15, -0.1) is 11.6 Å². The average molecular weight is 289 g/mol. The molecule has 0 saturated carbocycles. The van der Waals surface area contributed by atoms with Gasteiger partial charge in [-0.05, 0) is 37.1 Å². The topological polar surface area (TPSA) is 80.5 Å². The Kier molecular flexibility index (Phi) is 3.35. The number of halogens is 1. The molecule has 0 fully saturated rings. The lowest BCUT2D eigenvalue weighted by molar-refractivity contribution is -0.116. The van der Waals surface area contributed by atoms with E-state index in [1.807, 2.05) is 6.92 Å². The van der Waals surface area contributed by atoms with E-state index in [1.54, 1.807) is 11.0 Å². The van der Waals surface area contributed by atoms with Gasteiger partial charge in [0.2, 0.25) is 15.9 Å². The summed E-state index contributed by atoms with van der Waals surface area (Å²) in [5.41, 5.74) is 1.51. The van der Waals surface area contributed by atoms with Crippen LogP contribution >= 0.6 is 11.6 Å². The monoisotopic (exact) mass is 288 g/mol. The van der Waals surface area contributed by atoms with Gasteiger partial charge in [0, 0.05) is 11.7 Å². The lowest BCUT2D eigenvalue weighted by Gasteiger charge is -2.21. The van der Waals surface area contributed by atoms with E-state index in [9.17, 15) is 13.2 Å². The van der Waals surface area contributed by atoms with Crippen LogP contribution in [0.2, 0.25) is 0 Å². The first kappa shape index (κ1) is 13.3. The molecule has 0 aromatic heterocycles. The van der Waals surface area contributed by atoms with Gasteiger partial charge < -0.3 is 4.90 Å². The van der Waals surface area contributed by atoms with Crippen LogP contribution in [0.1, 0.15) is 12.5 Å². The van der Waals surface area contributed by atoms with E-state index >= 15 is 0 Å². The number of carbonyl (C=O) groups is 1. The molecule has 0 unspecified atom stereocenters. The number of carbonyl (C=O) groups excluding carboxylic acids is 1. The molecular formula is C11H13ClN2O3S. The van der Waals surface area contributed by atoms with Gasteiger partial charge >= 0.3 is 0 Å². The SMILES string of the molecule is C[C@H]1Cc2cc(S(N)(=O)=O)ccc2N1C(=O)CCl. The summed E-state index contributed by atoms with van der Waals surface area (Å²) < 4.78 is 22.5. The summed E-state index contributed by atoms with van der Waals surface area (Å²) in [6.07, 6.45) is 0.599. The molecule has 18 heavy (non-hydrogen) atoms. The minimum atomic E-state index is -3.71. The number of primary sulfonamides is 1. The molecule has 5 nitrogen and oxygen atoms in total. The Balaban J connectivity index is 2.48. The quantitative estimate of drug-likeness (QED) is 0.819. The molecule has 7 heteroatoms. The largest absolute Gasteiger partial charge is 0.308 e. The molecular weight excluding hydrogens is 276 g/mol. The summed E-state index contributed by atoms with van der Waals surface area (Å²) in [5, 5.41) is 5.08. The van der Waals surface area contributed by atoms with Crippen molar-refractivity contribution in [3.63, 3.8) is 0 Å². The maximum Gasteiger partial charge on any atom is 0.242 e. The van der Waals surface area contributed by atoms with E-state index < -0.39 is 10.0 Å². The van der Waals surface area contributed by atoms with Gasteiger partial charge in [0.15, 0.2) is 0 Å². The molecule has 0 spiro atoms. The molecule has 2 N–H and O–H groups in total. The van der Waals surface area contributed by atoms with Crippen molar-refractivity contribution in [1.29, 1.82) is 0 Å². The van der Waals surface area contributed by atoms with Crippen LogP contribution in [-0.2, 0) is 21.2 Å². The molecule has 1 aliphatic rings. The number of nitrogens with zero attached hydrogens (tertiary/aromatic N) is 1. The zero-order valence-electron chi connectivity index (χ0n) is 9.76. The molecule has 2 rings (SSSR count). The number of alkyl halides is 1. The van der Waals surface area contributed by atoms with Gasteiger partial charge in [-0.1, -0.05) is 0 Å². The summed E-state index contributed by atoms with van der Waals surface area (Å²) in [4.78, 5) is 13.4. The van der Waals surface area contributed by atoms with E-state index in [-0.39, 0.29) is 22.7 Å². The minimum absolute atomic E-state index is 0.0259. The van der Waals surface area contributed by atoms with Crippen molar-refractivity contribution >= 4 is 33.2 Å². The molecule has 1 heterocycles. The summed E-state index contributed by atoms with van der Waals surface area (Å²) in [7, 11) is -3.71. The van der Waals surface area contributed by atoms with E-state index in [1.165, 1.54) is 12.1 Å². The Bertz CT molecular complexity index is 600. The number of fused-ring (bicyclic) bond motifs is 1. The highest BCUT2D eigenvalue weighted by Crippen LogP contribution is 2.33. The zero-order chi connectivity index (χ0) is 13.5. The fourth-order valence-electron chi connectivity index (χ4n) is 2.23. The van der Waals surface area contributed by atoms with Crippen molar-refractivity contribution in [1.82, 2.24) is 0 Å². The highest BCUT2D eigenvalue weighted by Gasteiger charge is 2.31. The van der Waals surface area contributed by atoms with Crippen molar-refractivity contribution < 1.29 is 13.2 Å². The maximum absolute atomic E-state index is 11.7. The molecule has 98 valence electrons. The lowest BCUT2D eigenvalue weighted by atomic mass is 10.1. The first-order valence-electron chi connectivity index (χ1n) is 5.38. The van der Waals surface area contributed by atoms with Crippen LogP contribution in [-0.4, -0.2) is 26.2 Å². The van der Waals surface area contributed by atoms with Crippen LogP contribution in [0.5, 0.6) is 0 Å². The molecule has 0 radical (unpaired) electrons. The van der Waals surface area contributed by atoms with Gasteiger partial charge in [0.1, 0.15) is 5.88 Å². The molecule has 0 saturated heterocycles. The van der Waals surface area contributed by atoms with Crippen molar-refractivity contribution in [2.24, 2.45) is 5.14 Å². The van der Waals surface area contributed by atoms with Gasteiger partial charge in [0.05, 0.1) is 4.90 Å². The van der Waals surface area contributed by atoms with Crippen LogP contribution in [0.3, 0.4) is 0 Å². The Morgan fingerprint density at radius 3 is 2.78 bits per heavy atom. The normalized spacial score (nSPS) is 18.8. The Morgan fingerprint density at radius 2 is 2.22 bits per heavy atom. The van der Waals surface area contributed by atoms with E-state index in [0.717, 1.165) is 5.56 Å². The summed E-state index contributed by atoms with van der Waals surface area (Å²) in [6, 6.07) is 4.49. The number of anilines is 1. The van der Waals surface area contributed by atoms with E-state index in [2.05, 4.69) is 0 Å². The summed E-state index contributed by atoms with van der Waals surface area (Å²) in [5.74, 6) is -0.285. The van der Waals surface area contributed by atoms with Crippen molar-refractivity contribution in [2.45, 2.75) is 24.3 Å². The predicted molar refractivity (Wildman–Crippen MR) is 69.2 cm³/mol. The standard InChI is InChI=1S/C11H13ClN2O3S/c1-7-4-8-5-9(18(13,16)17)2-3-10(8)14(7)11(15)6-12/h2-3,5,7H,4,6H2,1H3,(H2,13,16,17)/t7-/m0/s1. The van der Waals surface area contributed by atoms with Crippen LogP contribution < -0.4 is 10.0 Å². The van der Waals surface area contributed by atoms with E-state index in [4.69, 9.17) is 16.7 Å². The summed E-state index contributed by atoms with van der Waals surface area (Å²) in [6.45, 7) is 1.89. The molecule has 1 aliphatic heterocycles. The maximum atomic E-state index is 11.7. The number of nitrogens with two attached hydrogens (primary N) is 1. The highest BCUT2D eigenvalue weighted by atomic mass is 35.5. The minimum Gasteiger partial charge on any atom is -0.308 e. The molecule has 1 aromatic carbocycles. The fourth-order valence-corrected chi connectivity index (χ4v) is 2.92. The van der Waals surface area contributed by atoms with Crippen molar-refractivity contribution in [3.8, 4) is 0 Å². The van der Waals surface area contributed by atoms with Gasteiger partial charge in [-0.25, -0.2) is 13.6 Å². The third kappa shape index (κ3) is 2.23. The van der Waals surface area contributed by atoms with E-state index in [0.29, 0.717) is 12.1 Å². The second kappa shape index (κ2) is 4.53. The van der Waals surface area contributed by atoms with Gasteiger partial charge in [-0.3, -0.25) is 4.79 Å². The Labute approximate surface area is 111 Å². The first-order chi connectivity index (χ1) is 8.34. The molecule has 1 atom stereocenters. The fraction of sp³-hybridized carbons (Fsp3) is 0.364. The number of amides is 1. The Morgan fingerprint density at radius 1 is 1.56 bits per heavy atom. The summed E-state index contributed by atoms with van der Waals surface area (Å²) >= 11 is 5.56. The number of hydrogen-bond donors (Lipinski definition) is 1. The zero-order valence-corrected chi connectivity index (χ0v) is 11.3. The Hall–Kier alpha value is -1.11. The third-order valence-corrected chi connectivity index (χ3v) is 4.12. The van der Waals surface area contributed by atoms with Crippen LogP contribution in [0, 0.1) is 0 Å². The molecule has 0 bridgehead atoms. The van der Waals surface area contributed by atoms with Gasteiger partial charge in [-0.2, -0.15) is 0 Å². The number of hydrogen-bond acceptors (Lipinski definition) is 3. The molecule has 1 amide bonds. The number of rotatable bonds is 2. The first-order valence-corrected chi connectivity index (χ1v) is 7.46. The van der Waals surface area contributed by atoms with Crippen molar-refractivity contribution in [2.75, 3.05) is 10.8 Å². The van der Waals surface area contributed by atoms with Gasteiger partial charge in [0.25, 0.3) is 0 Å². The molecule has 1 aromatic rings. The third-order valence-electron chi connectivity index (χ3n) is 2.98. The highest BCUT2D eigenvalue weighted by molar-refractivity contribution is 7.89. The second-order valence-corrected chi connectivity index (χ2v) is 6.11. The smallest absolute Gasteiger partial charge is 0.242 e. The number of benzene rings is 1. The lowest BCUT2D eigenvalue weighted by Crippen LogP contribution is -2.36. The number of sulfonamides is 1.